The fourth-order valence-corrected chi connectivity index (χ4v) is 7.43. The van der Waals surface area contributed by atoms with Gasteiger partial charge in [-0.1, -0.05) is 18.1 Å². The molecule has 250 valence electrons. The summed E-state index contributed by atoms with van der Waals surface area (Å²) in [5.74, 6) is 6.56. The molecule has 0 amide bonds. The first-order valence-electron chi connectivity index (χ1n) is 16.6. The Morgan fingerprint density at radius 3 is 2.45 bits per heavy atom. The number of halogens is 3. The van der Waals surface area contributed by atoms with Gasteiger partial charge in [0.05, 0.1) is 42.0 Å². The number of rotatable bonds is 8. The van der Waals surface area contributed by atoms with E-state index in [4.69, 9.17) is 9.47 Å². The average molecular weight is 648 g/mol. The average Bonchev–Trinajstić information content (AvgIpc) is 3.39. The van der Waals surface area contributed by atoms with Crippen LogP contribution in [0.15, 0.2) is 42.5 Å². The molecule has 2 N–H and O–H groups in total. The van der Waals surface area contributed by atoms with Crippen molar-refractivity contribution in [1.29, 1.82) is 5.26 Å². The molecule has 0 radical (unpaired) electrons. The van der Waals surface area contributed by atoms with Crippen molar-refractivity contribution >= 4 is 22.3 Å². The predicted molar refractivity (Wildman–Crippen MR) is 179 cm³/mol. The van der Waals surface area contributed by atoms with Crippen LogP contribution >= 0.6 is 0 Å². The molecule has 1 aromatic heterocycles. The van der Waals surface area contributed by atoms with Gasteiger partial charge in [0.15, 0.2) is 0 Å². The SMILES string of the molecule is COc1cc(C(C)(C)C#N)ccc1NCC#Cc1cc2c(N[C@H]3CC[C@H](N4CC5(CCOCC5)C4)CC3)cccc2n1CC(F)(F)F. The molecular weight excluding hydrogens is 603 g/mol. The van der Waals surface area contributed by atoms with Crippen LogP contribution in [-0.2, 0) is 16.7 Å². The first-order chi connectivity index (χ1) is 22.5. The van der Waals surface area contributed by atoms with E-state index in [-0.39, 0.29) is 12.6 Å². The quantitative estimate of drug-likeness (QED) is 0.250. The molecule has 7 nitrogen and oxygen atoms in total. The first-order valence-corrected chi connectivity index (χ1v) is 16.6. The maximum Gasteiger partial charge on any atom is 0.406 e. The molecule has 0 bridgehead atoms. The highest BCUT2D eigenvalue weighted by atomic mass is 19.4. The van der Waals surface area contributed by atoms with E-state index in [1.165, 1.54) is 30.5 Å². The molecule has 3 aromatic rings. The first kappa shape index (κ1) is 33.1. The molecule has 3 fully saturated rings. The van der Waals surface area contributed by atoms with Gasteiger partial charge in [0.1, 0.15) is 12.3 Å². The third-order valence-corrected chi connectivity index (χ3v) is 10.3. The summed E-state index contributed by atoms with van der Waals surface area (Å²) >= 11 is 0. The van der Waals surface area contributed by atoms with E-state index in [1.807, 2.05) is 44.2 Å². The number of fused-ring (bicyclic) bond motifs is 1. The van der Waals surface area contributed by atoms with Gasteiger partial charge in [-0.3, -0.25) is 4.90 Å². The third kappa shape index (κ3) is 7.35. The second-order valence-electron chi connectivity index (χ2n) is 13.9. The van der Waals surface area contributed by atoms with Crippen LogP contribution in [0.1, 0.15) is 63.6 Å². The van der Waals surface area contributed by atoms with Crippen LogP contribution in [0.5, 0.6) is 5.75 Å². The standard InChI is InChI=1S/C37H44F3N5O2/c1-35(2,22-41)26-9-14-32(34(20-26)46-3)42-17-5-6-29-21-30-31(7-4-8-33(30)45(29)25-37(38,39)40)43-27-10-12-28(13-11-27)44-23-36(24-44)15-18-47-19-16-36/h4,7-9,14,20-21,27-28,42-43H,10-13,15-19,23-25H2,1-3H3/t27-,28-. The fourth-order valence-electron chi connectivity index (χ4n) is 7.43. The topological polar surface area (TPSA) is 74.5 Å². The van der Waals surface area contributed by atoms with E-state index in [0.29, 0.717) is 34.1 Å². The van der Waals surface area contributed by atoms with Crippen molar-refractivity contribution in [3.05, 3.63) is 53.7 Å². The minimum absolute atomic E-state index is 0.200. The van der Waals surface area contributed by atoms with E-state index in [0.717, 1.165) is 55.5 Å². The minimum atomic E-state index is -4.39. The molecule has 0 atom stereocenters. The summed E-state index contributed by atoms with van der Waals surface area (Å²) in [7, 11) is 1.55. The molecule has 3 heterocycles. The molecule has 3 aliphatic rings. The number of aromatic nitrogens is 1. The van der Waals surface area contributed by atoms with Gasteiger partial charge in [-0.25, -0.2) is 0 Å². The Labute approximate surface area is 275 Å². The van der Waals surface area contributed by atoms with Crippen molar-refractivity contribution in [1.82, 2.24) is 9.47 Å². The van der Waals surface area contributed by atoms with Crippen molar-refractivity contribution in [2.75, 3.05) is 50.6 Å². The van der Waals surface area contributed by atoms with Crippen LogP contribution in [0, 0.1) is 28.6 Å². The summed E-state index contributed by atoms with van der Waals surface area (Å²) in [5.41, 5.74) is 2.98. The molecule has 10 heteroatoms. The van der Waals surface area contributed by atoms with Gasteiger partial charge in [0.2, 0.25) is 0 Å². The molecule has 1 spiro atoms. The Morgan fingerprint density at radius 2 is 1.77 bits per heavy atom. The van der Waals surface area contributed by atoms with Crippen molar-refractivity contribution in [2.24, 2.45) is 5.41 Å². The predicted octanol–water partition coefficient (Wildman–Crippen LogP) is 7.31. The fraction of sp³-hybridized carbons (Fsp3) is 0.541. The zero-order chi connectivity index (χ0) is 33.2. The maximum absolute atomic E-state index is 13.7. The molecule has 2 aromatic carbocycles. The molecule has 1 saturated carbocycles. The van der Waals surface area contributed by atoms with Crippen LogP contribution in [0.2, 0.25) is 0 Å². The van der Waals surface area contributed by atoms with Crippen molar-refractivity contribution in [3.63, 3.8) is 0 Å². The number of ether oxygens (including phenoxy) is 2. The van der Waals surface area contributed by atoms with Crippen molar-refractivity contribution < 1.29 is 22.6 Å². The van der Waals surface area contributed by atoms with Crippen LogP contribution in [0.25, 0.3) is 10.9 Å². The molecule has 6 rings (SSSR count). The van der Waals surface area contributed by atoms with Gasteiger partial charge in [-0.2, -0.15) is 18.4 Å². The minimum Gasteiger partial charge on any atom is -0.495 e. The monoisotopic (exact) mass is 647 g/mol. The van der Waals surface area contributed by atoms with Crippen LogP contribution in [0.4, 0.5) is 24.5 Å². The number of hydrogen-bond donors (Lipinski definition) is 2. The Hall–Kier alpha value is -3.86. The lowest BCUT2D eigenvalue weighted by Gasteiger charge is -2.56. The summed E-state index contributed by atoms with van der Waals surface area (Å²) in [6.45, 7) is 6.90. The smallest absolute Gasteiger partial charge is 0.406 e. The van der Waals surface area contributed by atoms with E-state index < -0.39 is 18.1 Å². The van der Waals surface area contributed by atoms with E-state index in [2.05, 4.69) is 33.4 Å². The number of nitriles is 1. The lowest BCUT2D eigenvalue weighted by molar-refractivity contribution is -0.140. The third-order valence-electron chi connectivity index (χ3n) is 10.3. The van der Waals surface area contributed by atoms with Gasteiger partial charge in [-0.05, 0) is 94.2 Å². The lowest BCUT2D eigenvalue weighted by Crippen LogP contribution is -2.62. The molecular formula is C37H44F3N5O2. The number of likely N-dealkylation sites (tertiary alicyclic amines) is 1. The second-order valence-corrected chi connectivity index (χ2v) is 13.9. The molecule has 1 aliphatic carbocycles. The van der Waals surface area contributed by atoms with E-state index in [1.54, 1.807) is 19.2 Å². The highest BCUT2D eigenvalue weighted by Gasteiger charge is 2.46. The van der Waals surface area contributed by atoms with Crippen LogP contribution in [0.3, 0.4) is 0 Å². The number of hydrogen-bond acceptors (Lipinski definition) is 6. The Bertz CT molecular complexity index is 1670. The highest BCUT2D eigenvalue weighted by molar-refractivity contribution is 5.94. The number of methoxy groups -OCH3 is 1. The zero-order valence-corrected chi connectivity index (χ0v) is 27.5. The molecule has 47 heavy (non-hydrogen) atoms. The van der Waals surface area contributed by atoms with Gasteiger partial charge in [0, 0.05) is 54.9 Å². The maximum atomic E-state index is 13.7. The highest BCUT2D eigenvalue weighted by Crippen LogP contribution is 2.43. The van der Waals surface area contributed by atoms with Gasteiger partial charge < -0.3 is 24.7 Å². The number of nitrogens with one attached hydrogen (secondary N) is 2. The summed E-state index contributed by atoms with van der Waals surface area (Å²) in [5, 5.41) is 17.1. The lowest BCUT2D eigenvalue weighted by atomic mass is 9.71. The zero-order valence-electron chi connectivity index (χ0n) is 27.5. The van der Waals surface area contributed by atoms with Gasteiger partial charge >= 0.3 is 6.18 Å². The number of nitrogens with zero attached hydrogens (tertiary/aromatic N) is 3. The Kier molecular flexibility index (Phi) is 9.38. The largest absolute Gasteiger partial charge is 0.495 e. The second kappa shape index (κ2) is 13.3. The normalized spacial score (nSPS) is 21.4. The summed E-state index contributed by atoms with van der Waals surface area (Å²) in [6, 6.07) is 16.0. The van der Waals surface area contributed by atoms with Crippen LogP contribution in [-0.4, -0.2) is 67.7 Å². The van der Waals surface area contributed by atoms with Gasteiger partial charge in [-0.15, -0.1) is 0 Å². The number of anilines is 2. The molecule has 2 aliphatic heterocycles. The Morgan fingerprint density at radius 1 is 1.02 bits per heavy atom. The van der Waals surface area contributed by atoms with Gasteiger partial charge in [0.25, 0.3) is 0 Å². The number of benzene rings is 2. The van der Waals surface area contributed by atoms with Crippen LogP contribution < -0.4 is 15.4 Å². The Balaban J connectivity index is 1.14. The van der Waals surface area contributed by atoms with E-state index >= 15 is 0 Å². The van der Waals surface area contributed by atoms with Crippen molar-refractivity contribution in [2.45, 2.75) is 82.6 Å². The summed E-state index contributed by atoms with van der Waals surface area (Å²) < 4.78 is 53.6. The molecule has 0 unspecified atom stereocenters. The summed E-state index contributed by atoms with van der Waals surface area (Å²) in [4.78, 5) is 2.65. The molecule has 2 saturated heterocycles. The number of alkyl halides is 3. The van der Waals surface area contributed by atoms with Crippen molar-refractivity contribution in [3.8, 4) is 23.7 Å². The summed E-state index contributed by atoms with van der Waals surface area (Å²) in [6.07, 6.45) is 2.28. The van der Waals surface area contributed by atoms with E-state index in [9.17, 15) is 18.4 Å².